The lowest BCUT2D eigenvalue weighted by Crippen LogP contribution is -2.48. The topological polar surface area (TPSA) is 77.7 Å². The van der Waals surface area contributed by atoms with Gasteiger partial charge in [0.25, 0.3) is 0 Å². The van der Waals surface area contributed by atoms with Gasteiger partial charge in [0.15, 0.2) is 5.96 Å². The second-order valence-electron chi connectivity index (χ2n) is 5.86. The number of esters is 1. The standard InChI is InChI=1S/C18H23FN4O2/c1-3-25-17(24)15-5-4-8-23(12-15)18(21-2)22-11-14-7-6-13(10-20)9-16(14)19/h6-7,9,15H,3-5,8,11-12H2,1-2H3,(H,21,22). The van der Waals surface area contributed by atoms with Gasteiger partial charge in [0.1, 0.15) is 5.82 Å². The third-order valence-corrected chi connectivity index (χ3v) is 4.17. The van der Waals surface area contributed by atoms with Crippen LogP contribution in [0.25, 0.3) is 0 Å². The van der Waals surface area contributed by atoms with Gasteiger partial charge in [-0.2, -0.15) is 5.26 Å². The second kappa shape index (κ2) is 9.02. The number of piperidine rings is 1. The summed E-state index contributed by atoms with van der Waals surface area (Å²) in [6, 6.07) is 6.30. The van der Waals surface area contributed by atoms with E-state index < -0.39 is 5.82 Å². The second-order valence-corrected chi connectivity index (χ2v) is 5.86. The maximum absolute atomic E-state index is 14.0. The average molecular weight is 346 g/mol. The van der Waals surface area contributed by atoms with E-state index in [9.17, 15) is 9.18 Å². The van der Waals surface area contributed by atoms with Crippen LogP contribution in [-0.2, 0) is 16.1 Å². The number of aliphatic imine (C=N–C) groups is 1. The summed E-state index contributed by atoms with van der Waals surface area (Å²) < 4.78 is 19.1. The molecular formula is C18H23FN4O2. The number of rotatable bonds is 4. The van der Waals surface area contributed by atoms with E-state index >= 15 is 0 Å². The van der Waals surface area contributed by atoms with Crippen LogP contribution in [0, 0.1) is 23.1 Å². The van der Waals surface area contributed by atoms with Gasteiger partial charge in [-0.1, -0.05) is 6.07 Å². The van der Waals surface area contributed by atoms with Crippen LogP contribution in [0.4, 0.5) is 4.39 Å². The molecule has 1 saturated heterocycles. The molecule has 0 aromatic heterocycles. The Kier molecular flexibility index (Phi) is 6.75. The first-order chi connectivity index (χ1) is 12.1. The number of nitrogens with zero attached hydrogens (tertiary/aromatic N) is 3. The molecule has 1 aromatic carbocycles. The van der Waals surface area contributed by atoms with Crippen molar-refractivity contribution in [2.45, 2.75) is 26.3 Å². The third kappa shape index (κ3) is 4.92. The van der Waals surface area contributed by atoms with E-state index in [2.05, 4.69) is 10.3 Å². The number of guanidine groups is 1. The summed E-state index contributed by atoms with van der Waals surface area (Å²) in [6.07, 6.45) is 1.67. The van der Waals surface area contributed by atoms with Crippen LogP contribution in [0.5, 0.6) is 0 Å². The van der Waals surface area contributed by atoms with Gasteiger partial charge < -0.3 is 15.0 Å². The van der Waals surface area contributed by atoms with Crippen molar-refractivity contribution in [1.82, 2.24) is 10.2 Å². The SMILES string of the molecule is CCOC(=O)C1CCCN(C(=NC)NCc2ccc(C#N)cc2F)C1. The fourth-order valence-electron chi connectivity index (χ4n) is 2.89. The minimum absolute atomic E-state index is 0.168. The number of hydrogen-bond donors (Lipinski definition) is 1. The zero-order valence-corrected chi connectivity index (χ0v) is 14.6. The highest BCUT2D eigenvalue weighted by Gasteiger charge is 2.28. The molecule has 1 atom stereocenters. The van der Waals surface area contributed by atoms with Crippen LogP contribution < -0.4 is 5.32 Å². The maximum atomic E-state index is 14.0. The highest BCUT2D eigenvalue weighted by molar-refractivity contribution is 5.81. The zero-order valence-electron chi connectivity index (χ0n) is 14.6. The highest BCUT2D eigenvalue weighted by Crippen LogP contribution is 2.18. The summed E-state index contributed by atoms with van der Waals surface area (Å²) in [5.41, 5.74) is 0.748. The molecule has 0 amide bonds. The molecule has 1 unspecified atom stereocenters. The molecule has 0 spiro atoms. The smallest absolute Gasteiger partial charge is 0.310 e. The molecule has 7 heteroatoms. The Morgan fingerprint density at radius 1 is 1.56 bits per heavy atom. The predicted octanol–water partition coefficient (Wildman–Crippen LogP) is 2.05. The molecule has 0 radical (unpaired) electrons. The molecule has 1 aliphatic rings. The molecule has 0 aliphatic carbocycles. The van der Waals surface area contributed by atoms with E-state index in [-0.39, 0.29) is 18.4 Å². The van der Waals surface area contributed by atoms with Crippen molar-refractivity contribution in [3.05, 3.63) is 35.1 Å². The van der Waals surface area contributed by atoms with Gasteiger partial charge in [0, 0.05) is 32.2 Å². The molecule has 0 bridgehead atoms. The molecule has 134 valence electrons. The number of halogens is 1. The number of benzene rings is 1. The average Bonchev–Trinajstić information content (AvgIpc) is 2.63. The monoisotopic (exact) mass is 346 g/mol. The van der Waals surface area contributed by atoms with Gasteiger partial charge in [-0.3, -0.25) is 9.79 Å². The van der Waals surface area contributed by atoms with Crippen LogP contribution in [0.15, 0.2) is 23.2 Å². The molecule has 1 fully saturated rings. The zero-order chi connectivity index (χ0) is 18.2. The first-order valence-corrected chi connectivity index (χ1v) is 8.39. The van der Waals surface area contributed by atoms with Gasteiger partial charge >= 0.3 is 5.97 Å². The number of nitriles is 1. The van der Waals surface area contributed by atoms with Crippen LogP contribution >= 0.6 is 0 Å². The summed E-state index contributed by atoms with van der Waals surface area (Å²) in [5.74, 6) is -0.150. The molecular weight excluding hydrogens is 323 g/mol. The van der Waals surface area contributed by atoms with Crippen molar-refractivity contribution in [1.29, 1.82) is 5.26 Å². The van der Waals surface area contributed by atoms with Crippen molar-refractivity contribution < 1.29 is 13.9 Å². The fraction of sp³-hybridized carbons (Fsp3) is 0.500. The molecule has 6 nitrogen and oxygen atoms in total. The summed E-state index contributed by atoms with van der Waals surface area (Å²) >= 11 is 0. The van der Waals surface area contributed by atoms with Crippen LogP contribution in [0.1, 0.15) is 30.9 Å². The van der Waals surface area contributed by atoms with Crippen molar-refractivity contribution in [3.8, 4) is 6.07 Å². The largest absolute Gasteiger partial charge is 0.466 e. The Labute approximate surface area is 147 Å². The van der Waals surface area contributed by atoms with E-state index in [1.54, 1.807) is 26.1 Å². The minimum Gasteiger partial charge on any atom is -0.466 e. The number of carbonyl (C=O) groups excluding carboxylic acids is 1. The van der Waals surface area contributed by atoms with E-state index in [1.807, 2.05) is 11.0 Å². The lowest BCUT2D eigenvalue weighted by atomic mass is 9.98. The van der Waals surface area contributed by atoms with Gasteiger partial charge in [0.05, 0.1) is 24.2 Å². The molecule has 25 heavy (non-hydrogen) atoms. The van der Waals surface area contributed by atoms with Crippen LogP contribution in [0.3, 0.4) is 0 Å². The van der Waals surface area contributed by atoms with Crippen LogP contribution in [0.2, 0.25) is 0 Å². The lowest BCUT2D eigenvalue weighted by Gasteiger charge is -2.34. The Hall–Kier alpha value is -2.62. The van der Waals surface area contributed by atoms with E-state index in [0.717, 1.165) is 19.4 Å². The summed E-state index contributed by atoms with van der Waals surface area (Å²) in [7, 11) is 1.66. The number of nitrogens with one attached hydrogen (secondary N) is 1. The van der Waals surface area contributed by atoms with E-state index in [0.29, 0.717) is 30.2 Å². The Morgan fingerprint density at radius 3 is 3.00 bits per heavy atom. The molecule has 1 heterocycles. The molecule has 2 rings (SSSR count). The normalized spacial score (nSPS) is 17.8. The molecule has 1 aromatic rings. The maximum Gasteiger partial charge on any atom is 0.310 e. The number of ether oxygens (including phenoxy) is 1. The Bertz CT molecular complexity index is 684. The van der Waals surface area contributed by atoms with Crippen molar-refractivity contribution >= 4 is 11.9 Å². The quantitative estimate of drug-likeness (QED) is 0.513. The van der Waals surface area contributed by atoms with Gasteiger partial charge in [-0.05, 0) is 31.9 Å². The number of hydrogen-bond acceptors (Lipinski definition) is 4. The van der Waals surface area contributed by atoms with Crippen molar-refractivity contribution in [2.75, 3.05) is 26.7 Å². The predicted molar refractivity (Wildman–Crippen MR) is 92.2 cm³/mol. The number of likely N-dealkylation sites (tertiary alicyclic amines) is 1. The summed E-state index contributed by atoms with van der Waals surface area (Å²) in [5, 5.41) is 11.9. The molecule has 1 aliphatic heterocycles. The fourth-order valence-corrected chi connectivity index (χ4v) is 2.89. The van der Waals surface area contributed by atoms with Gasteiger partial charge in [0.2, 0.25) is 0 Å². The summed E-state index contributed by atoms with van der Waals surface area (Å²) in [6.45, 7) is 3.75. The van der Waals surface area contributed by atoms with E-state index in [1.165, 1.54) is 6.07 Å². The van der Waals surface area contributed by atoms with Crippen LogP contribution in [-0.4, -0.2) is 43.6 Å². The third-order valence-electron chi connectivity index (χ3n) is 4.17. The Balaban J connectivity index is 1.98. The van der Waals surface area contributed by atoms with Gasteiger partial charge in [-0.25, -0.2) is 4.39 Å². The van der Waals surface area contributed by atoms with Gasteiger partial charge in [-0.15, -0.1) is 0 Å². The first kappa shape index (κ1) is 18.7. The first-order valence-electron chi connectivity index (χ1n) is 8.39. The number of carbonyl (C=O) groups is 1. The Morgan fingerprint density at radius 2 is 2.36 bits per heavy atom. The molecule has 0 saturated carbocycles. The molecule has 1 N–H and O–H groups in total. The lowest BCUT2D eigenvalue weighted by molar-refractivity contribution is -0.149. The van der Waals surface area contributed by atoms with Crippen molar-refractivity contribution in [2.24, 2.45) is 10.9 Å². The highest BCUT2D eigenvalue weighted by atomic mass is 19.1. The minimum atomic E-state index is -0.426. The van der Waals surface area contributed by atoms with E-state index in [4.69, 9.17) is 10.00 Å². The van der Waals surface area contributed by atoms with Crippen molar-refractivity contribution in [3.63, 3.8) is 0 Å². The summed E-state index contributed by atoms with van der Waals surface area (Å²) in [4.78, 5) is 18.2.